The summed E-state index contributed by atoms with van der Waals surface area (Å²) in [5, 5.41) is 7.80. The van der Waals surface area contributed by atoms with Crippen LogP contribution in [-0.4, -0.2) is 47.3 Å². The van der Waals surface area contributed by atoms with Crippen LogP contribution in [-0.2, 0) is 11.2 Å². The highest BCUT2D eigenvalue weighted by atomic mass is 35.5. The molecule has 152 valence electrons. The number of amides is 1. The van der Waals surface area contributed by atoms with E-state index in [0.29, 0.717) is 13.0 Å². The summed E-state index contributed by atoms with van der Waals surface area (Å²) in [5.74, 6) is 0.913. The summed E-state index contributed by atoms with van der Waals surface area (Å²) in [5.41, 5.74) is 2.92. The molecule has 4 rings (SSSR count). The first-order valence-electron chi connectivity index (χ1n) is 9.48. The lowest BCUT2D eigenvalue weighted by Gasteiger charge is -2.37. The molecule has 1 unspecified atom stereocenters. The minimum atomic E-state index is -0.0402. The maximum absolute atomic E-state index is 13.1. The van der Waals surface area contributed by atoms with Crippen molar-refractivity contribution >= 4 is 18.3 Å². The second-order valence-corrected chi connectivity index (χ2v) is 6.85. The maximum atomic E-state index is 13.1. The standard InChI is InChI=1S/C22H24N4O2.ClH/c1-28-21-10-6-5-9-19(21)20-15-23-11-12-25(20)22(27)13-17-14-24-26(16-17)18-7-3-2-4-8-18;/h2-10,14,16,20,23H,11-13,15H2,1H3;1H. The number of methoxy groups -OCH3 is 1. The Morgan fingerprint density at radius 2 is 1.93 bits per heavy atom. The first-order valence-corrected chi connectivity index (χ1v) is 9.48. The van der Waals surface area contributed by atoms with Crippen molar-refractivity contribution in [1.82, 2.24) is 20.0 Å². The summed E-state index contributed by atoms with van der Waals surface area (Å²) in [6.45, 7) is 2.18. The number of hydrogen-bond donors (Lipinski definition) is 1. The number of carbonyl (C=O) groups is 1. The van der Waals surface area contributed by atoms with Gasteiger partial charge < -0.3 is 15.0 Å². The molecular weight excluding hydrogens is 388 g/mol. The summed E-state index contributed by atoms with van der Waals surface area (Å²) >= 11 is 0. The molecule has 1 aliphatic heterocycles. The van der Waals surface area contributed by atoms with E-state index in [-0.39, 0.29) is 24.4 Å². The summed E-state index contributed by atoms with van der Waals surface area (Å²) in [6.07, 6.45) is 4.03. The Bertz CT molecular complexity index is 945. The Morgan fingerprint density at radius 3 is 2.72 bits per heavy atom. The number of rotatable bonds is 5. The zero-order valence-electron chi connectivity index (χ0n) is 16.3. The molecule has 6 nitrogen and oxygen atoms in total. The van der Waals surface area contributed by atoms with Gasteiger partial charge in [0, 0.05) is 31.4 Å². The van der Waals surface area contributed by atoms with Crippen molar-refractivity contribution in [3.8, 4) is 11.4 Å². The smallest absolute Gasteiger partial charge is 0.227 e. The van der Waals surface area contributed by atoms with Gasteiger partial charge in [-0.2, -0.15) is 5.10 Å². The zero-order valence-corrected chi connectivity index (χ0v) is 17.1. The maximum Gasteiger partial charge on any atom is 0.227 e. The van der Waals surface area contributed by atoms with Gasteiger partial charge in [-0.3, -0.25) is 4.79 Å². The largest absolute Gasteiger partial charge is 0.496 e. The average molecular weight is 413 g/mol. The van der Waals surface area contributed by atoms with Gasteiger partial charge in [0.25, 0.3) is 0 Å². The van der Waals surface area contributed by atoms with Crippen LogP contribution in [0.2, 0.25) is 0 Å². The molecule has 0 saturated carbocycles. The fourth-order valence-corrected chi connectivity index (χ4v) is 3.67. The molecule has 3 aromatic rings. The zero-order chi connectivity index (χ0) is 19.3. The van der Waals surface area contributed by atoms with E-state index in [1.165, 1.54) is 0 Å². The molecule has 1 atom stereocenters. The predicted molar refractivity (Wildman–Crippen MR) is 115 cm³/mol. The lowest BCUT2D eigenvalue weighted by molar-refractivity contribution is -0.133. The average Bonchev–Trinajstić information content (AvgIpc) is 3.23. The molecule has 1 fully saturated rings. The molecule has 0 bridgehead atoms. The number of benzene rings is 2. The Labute approximate surface area is 176 Å². The van der Waals surface area contributed by atoms with Gasteiger partial charge in [-0.1, -0.05) is 36.4 Å². The monoisotopic (exact) mass is 412 g/mol. The number of carbonyl (C=O) groups excluding carboxylic acids is 1. The number of ether oxygens (including phenoxy) is 1. The van der Waals surface area contributed by atoms with Crippen LogP contribution in [0.25, 0.3) is 5.69 Å². The third kappa shape index (κ3) is 4.60. The molecule has 1 aromatic heterocycles. The van der Waals surface area contributed by atoms with Crippen molar-refractivity contribution in [3.63, 3.8) is 0 Å². The van der Waals surface area contributed by atoms with Crippen molar-refractivity contribution in [2.75, 3.05) is 26.7 Å². The van der Waals surface area contributed by atoms with E-state index in [1.807, 2.05) is 65.7 Å². The van der Waals surface area contributed by atoms with E-state index in [2.05, 4.69) is 10.4 Å². The fourth-order valence-electron chi connectivity index (χ4n) is 3.67. The van der Waals surface area contributed by atoms with Gasteiger partial charge in [0.05, 0.1) is 31.5 Å². The molecule has 1 saturated heterocycles. The molecule has 2 aromatic carbocycles. The van der Waals surface area contributed by atoms with Gasteiger partial charge in [0.1, 0.15) is 5.75 Å². The summed E-state index contributed by atoms with van der Waals surface area (Å²) in [6, 6.07) is 17.8. The van der Waals surface area contributed by atoms with Crippen LogP contribution in [0.5, 0.6) is 5.75 Å². The molecule has 29 heavy (non-hydrogen) atoms. The van der Waals surface area contributed by atoms with E-state index in [4.69, 9.17) is 4.74 Å². The van der Waals surface area contributed by atoms with Gasteiger partial charge in [-0.25, -0.2) is 4.68 Å². The molecule has 0 spiro atoms. The van der Waals surface area contributed by atoms with Crippen LogP contribution in [0.1, 0.15) is 17.2 Å². The number of aromatic nitrogens is 2. The third-order valence-corrected chi connectivity index (χ3v) is 5.07. The van der Waals surface area contributed by atoms with Gasteiger partial charge in [-0.05, 0) is 23.8 Å². The molecular formula is C22H25ClN4O2. The molecule has 1 aliphatic rings. The van der Waals surface area contributed by atoms with Gasteiger partial charge in [-0.15, -0.1) is 12.4 Å². The van der Waals surface area contributed by atoms with E-state index in [9.17, 15) is 4.79 Å². The topological polar surface area (TPSA) is 59.4 Å². The minimum Gasteiger partial charge on any atom is -0.496 e. The normalized spacial score (nSPS) is 16.2. The number of piperazine rings is 1. The first-order chi connectivity index (χ1) is 13.8. The highest BCUT2D eigenvalue weighted by Crippen LogP contribution is 2.30. The van der Waals surface area contributed by atoms with Crippen LogP contribution in [0.4, 0.5) is 0 Å². The SMILES string of the molecule is COc1ccccc1C1CNCCN1C(=O)Cc1cnn(-c2ccccc2)c1.Cl. The number of nitrogens with zero attached hydrogens (tertiary/aromatic N) is 3. The van der Waals surface area contributed by atoms with Gasteiger partial charge in [0.15, 0.2) is 0 Å². The molecule has 0 aliphatic carbocycles. The third-order valence-electron chi connectivity index (χ3n) is 5.07. The summed E-state index contributed by atoms with van der Waals surface area (Å²) in [7, 11) is 1.67. The fraction of sp³-hybridized carbons (Fsp3) is 0.273. The van der Waals surface area contributed by atoms with Gasteiger partial charge in [0.2, 0.25) is 5.91 Å². The second kappa shape index (κ2) is 9.58. The van der Waals surface area contributed by atoms with Crippen molar-refractivity contribution in [2.45, 2.75) is 12.5 Å². The lowest BCUT2D eigenvalue weighted by Crippen LogP contribution is -2.49. The predicted octanol–water partition coefficient (Wildman–Crippen LogP) is 3.02. The van der Waals surface area contributed by atoms with Crippen LogP contribution in [0, 0.1) is 0 Å². The highest BCUT2D eigenvalue weighted by Gasteiger charge is 2.29. The van der Waals surface area contributed by atoms with Crippen LogP contribution in [0.3, 0.4) is 0 Å². The van der Waals surface area contributed by atoms with Crippen molar-refractivity contribution in [1.29, 1.82) is 0 Å². The Kier molecular flexibility index (Phi) is 6.90. The highest BCUT2D eigenvalue weighted by molar-refractivity contribution is 5.85. The molecule has 1 amide bonds. The second-order valence-electron chi connectivity index (χ2n) is 6.85. The van der Waals surface area contributed by atoms with Crippen molar-refractivity contribution in [3.05, 3.63) is 78.1 Å². The molecule has 2 heterocycles. The van der Waals surface area contributed by atoms with E-state index < -0.39 is 0 Å². The van der Waals surface area contributed by atoms with Crippen molar-refractivity contribution in [2.24, 2.45) is 0 Å². The molecule has 0 radical (unpaired) electrons. The Balaban J connectivity index is 0.00000240. The quantitative estimate of drug-likeness (QED) is 0.699. The minimum absolute atomic E-state index is 0. The van der Waals surface area contributed by atoms with E-state index in [1.54, 1.807) is 18.0 Å². The molecule has 1 N–H and O–H groups in total. The van der Waals surface area contributed by atoms with Gasteiger partial charge >= 0.3 is 0 Å². The first kappa shape index (κ1) is 20.9. The number of hydrogen-bond acceptors (Lipinski definition) is 4. The summed E-state index contributed by atoms with van der Waals surface area (Å²) in [4.78, 5) is 15.1. The molecule has 7 heteroatoms. The van der Waals surface area contributed by atoms with Crippen LogP contribution < -0.4 is 10.1 Å². The Hall–Kier alpha value is -2.83. The summed E-state index contributed by atoms with van der Waals surface area (Å²) < 4.78 is 7.32. The van der Waals surface area contributed by atoms with E-state index >= 15 is 0 Å². The number of nitrogens with one attached hydrogen (secondary N) is 1. The van der Waals surface area contributed by atoms with E-state index in [0.717, 1.165) is 35.7 Å². The van der Waals surface area contributed by atoms with Crippen LogP contribution in [0.15, 0.2) is 67.0 Å². The van der Waals surface area contributed by atoms with Crippen LogP contribution >= 0.6 is 12.4 Å². The number of halogens is 1. The Morgan fingerprint density at radius 1 is 1.17 bits per heavy atom. The van der Waals surface area contributed by atoms with Crippen molar-refractivity contribution < 1.29 is 9.53 Å². The lowest BCUT2D eigenvalue weighted by atomic mass is 10.0. The number of para-hydroxylation sites is 2.